The van der Waals surface area contributed by atoms with Crippen LogP contribution in [0.4, 0.5) is 0 Å². The summed E-state index contributed by atoms with van der Waals surface area (Å²) in [7, 11) is 1.36. The van der Waals surface area contributed by atoms with Crippen molar-refractivity contribution in [1.29, 1.82) is 0 Å². The van der Waals surface area contributed by atoms with E-state index in [1.165, 1.54) is 7.11 Å². The van der Waals surface area contributed by atoms with Crippen molar-refractivity contribution in [3.63, 3.8) is 0 Å². The molecule has 0 aliphatic carbocycles. The zero-order valence-corrected chi connectivity index (χ0v) is 10.2. The van der Waals surface area contributed by atoms with Gasteiger partial charge in [-0.1, -0.05) is 34.1 Å². The molecule has 0 aliphatic heterocycles. The molecule has 0 aliphatic rings. The number of carbonyl (C=O) groups excluding carboxylic acids is 1. The standard InChI is InChI=1S/C12H10BrNO2/c1-16-12(15)11-7-6-10(14-11)8-4-2-3-5-9(8)13/h2-7,14H,1H3. The number of hydrogen-bond donors (Lipinski definition) is 1. The maximum absolute atomic E-state index is 11.3. The highest BCUT2D eigenvalue weighted by atomic mass is 79.9. The fraction of sp³-hybridized carbons (Fsp3) is 0.0833. The molecule has 1 heterocycles. The van der Waals surface area contributed by atoms with Crippen molar-refractivity contribution in [2.75, 3.05) is 7.11 Å². The van der Waals surface area contributed by atoms with Crippen LogP contribution >= 0.6 is 15.9 Å². The number of methoxy groups -OCH3 is 1. The molecule has 3 nitrogen and oxygen atoms in total. The van der Waals surface area contributed by atoms with Gasteiger partial charge in [-0.15, -0.1) is 0 Å². The summed E-state index contributed by atoms with van der Waals surface area (Å²) in [5.41, 5.74) is 2.35. The largest absolute Gasteiger partial charge is 0.464 e. The number of nitrogens with one attached hydrogen (secondary N) is 1. The first-order valence-corrected chi connectivity index (χ1v) is 5.54. The van der Waals surface area contributed by atoms with Crippen molar-refractivity contribution in [2.24, 2.45) is 0 Å². The van der Waals surface area contributed by atoms with Gasteiger partial charge in [0.15, 0.2) is 0 Å². The van der Waals surface area contributed by atoms with Crippen LogP contribution in [0.1, 0.15) is 10.5 Å². The average molecular weight is 280 g/mol. The van der Waals surface area contributed by atoms with E-state index < -0.39 is 0 Å². The maximum atomic E-state index is 11.3. The van der Waals surface area contributed by atoms with E-state index in [2.05, 4.69) is 25.7 Å². The molecule has 1 aromatic heterocycles. The third-order valence-electron chi connectivity index (χ3n) is 2.26. The lowest BCUT2D eigenvalue weighted by molar-refractivity contribution is 0.0595. The number of rotatable bonds is 2. The highest BCUT2D eigenvalue weighted by molar-refractivity contribution is 9.10. The molecule has 0 atom stereocenters. The van der Waals surface area contributed by atoms with Crippen molar-refractivity contribution in [3.05, 3.63) is 46.6 Å². The average Bonchev–Trinajstić information content (AvgIpc) is 2.78. The number of aromatic nitrogens is 1. The van der Waals surface area contributed by atoms with Gasteiger partial charge in [-0.05, 0) is 18.2 Å². The van der Waals surface area contributed by atoms with Gasteiger partial charge in [-0.25, -0.2) is 4.79 Å². The Hall–Kier alpha value is -1.55. The summed E-state index contributed by atoms with van der Waals surface area (Å²) < 4.78 is 5.61. The Labute approximate surface area is 102 Å². The quantitative estimate of drug-likeness (QED) is 0.858. The lowest BCUT2D eigenvalue weighted by Crippen LogP contribution is -2.00. The second-order valence-electron chi connectivity index (χ2n) is 3.26. The lowest BCUT2D eigenvalue weighted by Gasteiger charge is -2.01. The van der Waals surface area contributed by atoms with Crippen molar-refractivity contribution >= 4 is 21.9 Å². The number of hydrogen-bond acceptors (Lipinski definition) is 2. The molecule has 82 valence electrons. The summed E-state index contributed by atoms with van der Waals surface area (Å²) in [6, 6.07) is 11.4. The third-order valence-corrected chi connectivity index (χ3v) is 2.95. The SMILES string of the molecule is COC(=O)c1ccc(-c2ccccc2Br)[nH]1. The molecule has 0 unspecified atom stereocenters. The van der Waals surface area contributed by atoms with Crippen LogP contribution in [0.15, 0.2) is 40.9 Å². The van der Waals surface area contributed by atoms with E-state index in [-0.39, 0.29) is 5.97 Å². The Bertz CT molecular complexity index is 519. The maximum Gasteiger partial charge on any atom is 0.354 e. The Kier molecular flexibility index (Phi) is 3.10. The predicted octanol–water partition coefficient (Wildman–Crippen LogP) is 3.23. The van der Waals surface area contributed by atoms with E-state index in [0.29, 0.717) is 5.69 Å². The van der Waals surface area contributed by atoms with Crippen LogP contribution in [0, 0.1) is 0 Å². The van der Waals surface area contributed by atoms with E-state index in [9.17, 15) is 4.79 Å². The van der Waals surface area contributed by atoms with E-state index in [0.717, 1.165) is 15.7 Å². The second-order valence-corrected chi connectivity index (χ2v) is 4.11. The number of ether oxygens (including phenoxy) is 1. The van der Waals surface area contributed by atoms with Crippen molar-refractivity contribution < 1.29 is 9.53 Å². The zero-order chi connectivity index (χ0) is 11.5. The number of halogens is 1. The van der Waals surface area contributed by atoms with E-state index in [4.69, 9.17) is 0 Å². The summed E-state index contributed by atoms with van der Waals surface area (Å²) in [5, 5.41) is 0. The minimum atomic E-state index is -0.363. The highest BCUT2D eigenvalue weighted by Crippen LogP contribution is 2.27. The van der Waals surface area contributed by atoms with Crippen LogP contribution in [0.2, 0.25) is 0 Å². The fourth-order valence-electron chi connectivity index (χ4n) is 1.46. The van der Waals surface area contributed by atoms with Crippen LogP contribution in [0.3, 0.4) is 0 Å². The minimum absolute atomic E-state index is 0.363. The first-order chi connectivity index (χ1) is 7.72. The van der Waals surface area contributed by atoms with E-state index >= 15 is 0 Å². The van der Waals surface area contributed by atoms with Gasteiger partial charge in [0.1, 0.15) is 5.69 Å². The summed E-state index contributed by atoms with van der Waals surface area (Å²) in [5.74, 6) is -0.363. The predicted molar refractivity (Wildman–Crippen MR) is 65.3 cm³/mol. The van der Waals surface area contributed by atoms with E-state index in [1.54, 1.807) is 6.07 Å². The van der Waals surface area contributed by atoms with Crippen molar-refractivity contribution in [1.82, 2.24) is 4.98 Å². The molecule has 1 N–H and O–H groups in total. The van der Waals surface area contributed by atoms with Crippen LogP contribution in [0.25, 0.3) is 11.3 Å². The molecule has 0 radical (unpaired) electrons. The van der Waals surface area contributed by atoms with Crippen LogP contribution < -0.4 is 0 Å². The van der Waals surface area contributed by atoms with Crippen molar-refractivity contribution in [2.45, 2.75) is 0 Å². The van der Waals surface area contributed by atoms with Crippen LogP contribution in [-0.4, -0.2) is 18.1 Å². The Morgan fingerprint density at radius 3 is 2.69 bits per heavy atom. The van der Waals surface area contributed by atoms with Gasteiger partial charge in [0, 0.05) is 15.7 Å². The first-order valence-electron chi connectivity index (χ1n) is 4.74. The Balaban J connectivity index is 2.39. The molecule has 1 aromatic carbocycles. The monoisotopic (exact) mass is 279 g/mol. The number of carbonyl (C=O) groups is 1. The summed E-state index contributed by atoms with van der Waals surface area (Å²) in [6.07, 6.45) is 0. The van der Waals surface area contributed by atoms with E-state index in [1.807, 2.05) is 30.3 Å². The van der Waals surface area contributed by atoms with Gasteiger partial charge in [-0.2, -0.15) is 0 Å². The molecule has 16 heavy (non-hydrogen) atoms. The molecule has 0 bridgehead atoms. The molecule has 0 saturated heterocycles. The van der Waals surface area contributed by atoms with Gasteiger partial charge in [-0.3, -0.25) is 0 Å². The third kappa shape index (κ3) is 2.02. The first kappa shape index (κ1) is 11.0. The summed E-state index contributed by atoms with van der Waals surface area (Å²) in [6.45, 7) is 0. The van der Waals surface area contributed by atoms with Gasteiger partial charge < -0.3 is 9.72 Å². The molecule has 2 aromatic rings. The lowest BCUT2D eigenvalue weighted by atomic mass is 10.2. The fourth-order valence-corrected chi connectivity index (χ4v) is 1.96. The smallest absolute Gasteiger partial charge is 0.354 e. The molecule has 0 spiro atoms. The molecule has 0 amide bonds. The number of benzene rings is 1. The van der Waals surface area contributed by atoms with Crippen LogP contribution in [-0.2, 0) is 4.74 Å². The zero-order valence-electron chi connectivity index (χ0n) is 8.66. The normalized spacial score (nSPS) is 10.1. The molecular weight excluding hydrogens is 270 g/mol. The van der Waals surface area contributed by atoms with Gasteiger partial charge in [0.2, 0.25) is 0 Å². The molecule has 0 saturated carbocycles. The molecular formula is C12H10BrNO2. The van der Waals surface area contributed by atoms with Gasteiger partial charge in [0.05, 0.1) is 7.11 Å². The molecule has 4 heteroatoms. The van der Waals surface area contributed by atoms with Gasteiger partial charge in [0.25, 0.3) is 0 Å². The topological polar surface area (TPSA) is 42.1 Å². The van der Waals surface area contributed by atoms with Crippen LogP contribution in [0.5, 0.6) is 0 Å². The minimum Gasteiger partial charge on any atom is -0.464 e. The van der Waals surface area contributed by atoms with Gasteiger partial charge >= 0.3 is 5.97 Å². The summed E-state index contributed by atoms with van der Waals surface area (Å²) >= 11 is 3.46. The highest BCUT2D eigenvalue weighted by Gasteiger charge is 2.10. The Morgan fingerprint density at radius 1 is 1.25 bits per heavy atom. The number of H-pyrrole nitrogens is 1. The number of esters is 1. The second kappa shape index (κ2) is 4.53. The molecule has 2 rings (SSSR count). The molecule has 0 fully saturated rings. The number of aromatic amines is 1. The van der Waals surface area contributed by atoms with Crippen molar-refractivity contribution in [3.8, 4) is 11.3 Å². The Morgan fingerprint density at radius 2 is 2.00 bits per heavy atom. The summed E-state index contributed by atoms with van der Waals surface area (Å²) in [4.78, 5) is 14.3.